The lowest BCUT2D eigenvalue weighted by Gasteiger charge is -2.51. The van der Waals surface area contributed by atoms with Crippen LogP contribution in [0.1, 0.15) is 51.0 Å². The van der Waals surface area contributed by atoms with E-state index < -0.39 is 28.2 Å². The van der Waals surface area contributed by atoms with E-state index in [2.05, 4.69) is 10.2 Å². The molecule has 0 saturated carbocycles. The van der Waals surface area contributed by atoms with E-state index in [0.717, 1.165) is 36.3 Å². The summed E-state index contributed by atoms with van der Waals surface area (Å²) in [5.41, 5.74) is -0.0695. The number of imide groups is 2. The average molecular weight is 414 g/mol. The van der Waals surface area contributed by atoms with Gasteiger partial charge in [0, 0.05) is 37.3 Å². The summed E-state index contributed by atoms with van der Waals surface area (Å²) in [5, 5.41) is 13.7. The Kier molecular flexibility index (Phi) is 5.21. The van der Waals surface area contributed by atoms with Gasteiger partial charge in [0.2, 0.25) is 11.8 Å². The van der Waals surface area contributed by atoms with Crippen LogP contribution in [0.4, 0.5) is 16.2 Å². The van der Waals surface area contributed by atoms with Crippen molar-refractivity contribution in [3.8, 4) is 0 Å². The van der Waals surface area contributed by atoms with Crippen LogP contribution in [0.2, 0.25) is 0 Å². The van der Waals surface area contributed by atoms with Crippen molar-refractivity contribution >= 4 is 29.2 Å². The zero-order valence-electron chi connectivity index (χ0n) is 17.1. The van der Waals surface area contributed by atoms with Gasteiger partial charge in [0.05, 0.1) is 11.0 Å². The zero-order chi connectivity index (χ0) is 21.5. The number of carbonyl (C=O) groups excluding carboxylic acids is 3. The molecule has 9 heteroatoms. The summed E-state index contributed by atoms with van der Waals surface area (Å²) in [5.74, 6) is -1.06. The lowest BCUT2D eigenvalue weighted by molar-refractivity contribution is -0.384. The molecule has 4 amide bonds. The van der Waals surface area contributed by atoms with Crippen molar-refractivity contribution < 1.29 is 19.3 Å². The number of nitro groups is 1. The maximum absolute atomic E-state index is 13.7. The Morgan fingerprint density at radius 1 is 1.23 bits per heavy atom. The number of benzene rings is 1. The molecule has 9 nitrogen and oxygen atoms in total. The SMILES string of the molecule is CCCCN1C(=O)NC(=O)[C@@]2(Cc3cc([N+](=O)[O-])ccc3N3CCCCC[C@@H]32)C1=O. The second-order valence-electron chi connectivity index (χ2n) is 8.35. The van der Waals surface area contributed by atoms with E-state index >= 15 is 0 Å². The molecule has 0 aliphatic carbocycles. The Hall–Kier alpha value is -2.97. The molecule has 2 atom stereocenters. The molecule has 30 heavy (non-hydrogen) atoms. The quantitative estimate of drug-likeness (QED) is 0.460. The number of nitro benzene ring substituents is 1. The Morgan fingerprint density at radius 3 is 2.77 bits per heavy atom. The van der Waals surface area contributed by atoms with Gasteiger partial charge in [-0.3, -0.25) is 29.9 Å². The second kappa shape index (κ2) is 7.70. The first-order valence-electron chi connectivity index (χ1n) is 10.6. The smallest absolute Gasteiger partial charge is 0.330 e. The third-order valence-electron chi connectivity index (χ3n) is 6.61. The van der Waals surface area contributed by atoms with E-state index in [1.54, 1.807) is 6.07 Å². The van der Waals surface area contributed by atoms with Gasteiger partial charge in [-0.2, -0.15) is 0 Å². The molecule has 3 aliphatic heterocycles. The van der Waals surface area contributed by atoms with Gasteiger partial charge in [0.1, 0.15) is 0 Å². The van der Waals surface area contributed by atoms with Crippen molar-refractivity contribution in [1.29, 1.82) is 0 Å². The molecule has 1 N–H and O–H groups in total. The van der Waals surface area contributed by atoms with Gasteiger partial charge in [-0.15, -0.1) is 0 Å². The van der Waals surface area contributed by atoms with Crippen molar-refractivity contribution in [2.24, 2.45) is 5.41 Å². The molecule has 1 spiro atoms. The van der Waals surface area contributed by atoms with Crippen LogP contribution in [0, 0.1) is 15.5 Å². The lowest BCUT2D eigenvalue weighted by Crippen LogP contribution is -2.72. The standard InChI is InChI=1S/C21H26N4O5/c1-2-3-10-24-19(27)21(18(26)22-20(24)28)13-14-12-15(25(29)30)8-9-16(14)23-11-6-4-5-7-17(21)23/h8-9,12,17H,2-7,10-11,13H2,1H3,(H,22,26,28)/t17-,21+/m1/s1. The highest BCUT2D eigenvalue weighted by atomic mass is 16.6. The first-order chi connectivity index (χ1) is 14.4. The number of hydrogen-bond acceptors (Lipinski definition) is 6. The van der Waals surface area contributed by atoms with Crippen LogP contribution in [0.25, 0.3) is 0 Å². The summed E-state index contributed by atoms with van der Waals surface area (Å²) in [6, 6.07) is 3.61. The number of hydrogen-bond donors (Lipinski definition) is 1. The number of urea groups is 1. The van der Waals surface area contributed by atoms with Gasteiger partial charge in [0.15, 0.2) is 5.41 Å². The number of nitrogens with one attached hydrogen (secondary N) is 1. The molecule has 2 saturated heterocycles. The Balaban J connectivity index is 1.85. The van der Waals surface area contributed by atoms with Crippen LogP contribution in [-0.4, -0.2) is 46.8 Å². The van der Waals surface area contributed by atoms with Crippen molar-refractivity contribution in [2.45, 2.75) is 57.9 Å². The molecule has 160 valence electrons. The number of fused-ring (bicyclic) bond motifs is 4. The van der Waals surface area contributed by atoms with E-state index in [9.17, 15) is 24.5 Å². The predicted molar refractivity (Wildman–Crippen MR) is 109 cm³/mol. The number of non-ortho nitro benzene ring substituents is 1. The van der Waals surface area contributed by atoms with Crippen molar-refractivity contribution in [1.82, 2.24) is 10.2 Å². The highest BCUT2D eigenvalue weighted by Gasteiger charge is 2.61. The molecule has 1 aromatic carbocycles. The molecule has 3 aliphatic rings. The van der Waals surface area contributed by atoms with Gasteiger partial charge >= 0.3 is 6.03 Å². The third kappa shape index (κ3) is 3.03. The lowest BCUT2D eigenvalue weighted by atomic mass is 9.67. The number of anilines is 1. The zero-order valence-corrected chi connectivity index (χ0v) is 17.1. The van der Waals surface area contributed by atoms with Crippen LogP contribution < -0.4 is 10.2 Å². The Bertz CT molecular complexity index is 917. The molecule has 1 aromatic rings. The largest absolute Gasteiger partial charge is 0.367 e. The predicted octanol–water partition coefficient (Wildman–Crippen LogP) is 2.76. The molecular formula is C21H26N4O5. The topological polar surface area (TPSA) is 113 Å². The number of carbonyl (C=O) groups is 3. The van der Waals surface area contributed by atoms with E-state index in [4.69, 9.17) is 0 Å². The first kappa shape index (κ1) is 20.3. The number of rotatable bonds is 4. The highest BCUT2D eigenvalue weighted by molar-refractivity contribution is 6.20. The maximum Gasteiger partial charge on any atom is 0.330 e. The minimum absolute atomic E-state index is 0.0613. The molecule has 4 rings (SSSR count). The maximum atomic E-state index is 13.7. The highest BCUT2D eigenvalue weighted by Crippen LogP contribution is 2.47. The van der Waals surface area contributed by atoms with Gasteiger partial charge in [-0.1, -0.05) is 26.2 Å². The van der Waals surface area contributed by atoms with Crippen LogP contribution in [0.15, 0.2) is 18.2 Å². The Labute approximate surface area is 174 Å². The fraction of sp³-hybridized carbons (Fsp3) is 0.571. The van der Waals surface area contributed by atoms with Gasteiger partial charge in [0.25, 0.3) is 5.69 Å². The van der Waals surface area contributed by atoms with Gasteiger partial charge < -0.3 is 4.90 Å². The van der Waals surface area contributed by atoms with Crippen molar-refractivity contribution in [2.75, 3.05) is 18.0 Å². The summed E-state index contributed by atoms with van der Waals surface area (Å²) in [7, 11) is 0. The van der Waals surface area contributed by atoms with E-state index in [1.165, 1.54) is 12.1 Å². The number of amides is 4. The van der Waals surface area contributed by atoms with Crippen LogP contribution in [0.5, 0.6) is 0 Å². The van der Waals surface area contributed by atoms with E-state index in [0.29, 0.717) is 24.9 Å². The Morgan fingerprint density at radius 2 is 2.03 bits per heavy atom. The minimum Gasteiger partial charge on any atom is -0.367 e. The normalized spacial score (nSPS) is 26.2. The molecule has 2 fully saturated rings. The van der Waals surface area contributed by atoms with Gasteiger partial charge in [-0.05, 0) is 30.9 Å². The first-order valence-corrected chi connectivity index (χ1v) is 10.6. The van der Waals surface area contributed by atoms with Gasteiger partial charge in [-0.25, -0.2) is 4.79 Å². The molecule has 3 heterocycles. The average Bonchev–Trinajstić information content (AvgIpc) is 2.98. The van der Waals surface area contributed by atoms with Crippen molar-refractivity contribution in [3.05, 3.63) is 33.9 Å². The van der Waals surface area contributed by atoms with Crippen LogP contribution in [0.3, 0.4) is 0 Å². The van der Waals surface area contributed by atoms with Crippen LogP contribution >= 0.6 is 0 Å². The van der Waals surface area contributed by atoms with E-state index in [1.807, 2.05) is 6.92 Å². The molecule has 0 bridgehead atoms. The summed E-state index contributed by atoms with van der Waals surface area (Å²) in [6.07, 6.45) is 4.96. The summed E-state index contributed by atoms with van der Waals surface area (Å²) in [6.45, 7) is 2.89. The fourth-order valence-corrected chi connectivity index (χ4v) is 5.11. The summed E-state index contributed by atoms with van der Waals surface area (Å²) in [4.78, 5) is 53.5. The van der Waals surface area contributed by atoms with Crippen molar-refractivity contribution in [3.63, 3.8) is 0 Å². The second-order valence-corrected chi connectivity index (χ2v) is 8.35. The van der Waals surface area contributed by atoms with Crippen LogP contribution in [-0.2, 0) is 16.0 Å². The van der Waals surface area contributed by atoms with E-state index in [-0.39, 0.29) is 24.7 Å². The molecule has 0 aromatic heterocycles. The fourth-order valence-electron chi connectivity index (χ4n) is 5.11. The summed E-state index contributed by atoms with van der Waals surface area (Å²) >= 11 is 0. The molecular weight excluding hydrogens is 388 g/mol. The third-order valence-corrected chi connectivity index (χ3v) is 6.61. The monoisotopic (exact) mass is 414 g/mol. The number of nitrogens with zero attached hydrogens (tertiary/aromatic N) is 3. The summed E-state index contributed by atoms with van der Waals surface area (Å²) < 4.78 is 0. The minimum atomic E-state index is -1.45. The molecule has 0 unspecified atom stereocenters. The number of barbiturate groups is 1. The number of unbranched alkanes of at least 4 members (excludes halogenated alkanes) is 1. The molecule has 0 radical (unpaired) electrons.